The van der Waals surface area contributed by atoms with E-state index in [9.17, 15) is 28.1 Å². The molecule has 2 aromatic rings. The van der Waals surface area contributed by atoms with Crippen molar-refractivity contribution in [1.82, 2.24) is 10.2 Å². The van der Waals surface area contributed by atoms with Gasteiger partial charge in [-0.05, 0) is 43.7 Å². The molecule has 0 aliphatic heterocycles. The highest BCUT2D eigenvalue weighted by molar-refractivity contribution is 7.92. The zero-order valence-corrected chi connectivity index (χ0v) is 19.3. The van der Waals surface area contributed by atoms with E-state index >= 15 is 0 Å². The summed E-state index contributed by atoms with van der Waals surface area (Å²) < 4.78 is 32.4. The van der Waals surface area contributed by atoms with Gasteiger partial charge in [0.25, 0.3) is 21.6 Å². The summed E-state index contributed by atoms with van der Waals surface area (Å²) in [6.45, 7) is 2.34. The van der Waals surface area contributed by atoms with Crippen LogP contribution in [0.15, 0.2) is 47.4 Å². The molecular weight excluding hydrogens is 452 g/mol. The van der Waals surface area contributed by atoms with Gasteiger partial charge in [0.05, 0.1) is 16.4 Å². The van der Waals surface area contributed by atoms with E-state index in [0.717, 1.165) is 6.07 Å². The van der Waals surface area contributed by atoms with Crippen LogP contribution in [0.3, 0.4) is 0 Å². The first-order chi connectivity index (χ1) is 15.5. The Bertz CT molecular complexity index is 1120. The molecule has 2 aromatic carbocycles. The van der Waals surface area contributed by atoms with E-state index < -0.39 is 20.9 Å². The molecular formula is C21H26N4O7S. The Morgan fingerprint density at radius 1 is 1.15 bits per heavy atom. The van der Waals surface area contributed by atoms with Crippen molar-refractivity contribution >= 4 is 33.2 Å². The van der Waals surface area contributed by atoms with E-state index in [2.05, 4.69) is 10.0 Å². The number of nitrogens with one attached hydrogen (secondary N) is 2. The van der Waals surface area contributed by atoms with Gasteiger partial charge in [0.1, 0.15) is 0 Å². The van der Waals surface area contributed by atoms with Crippen LogP contribution >= 0.6 is 0 Å². The molecule has 0 unspecified atom stereocenters. The molecule has 0 bridgehead atoms. The zero-order valence-electron chi connectivity index (χ0n) is 18.5. The van der Waals surface area contributed by atoms with Crippen molar-refractivity contribution in [1.29, 1.82) is 0 Å². The molecule has 0 atom stereocenters. The topological polar surface area (TPSA) is 148 Å². The standard InChI is InChI=1S/C21H26N4O7S/c1-15-5-10-18(13-19(15)25(28)29)33(30,31)23-17-8-6-16(7-9-17)21(27)24(2)14-20(26)22-11-4-12-32-3/h5-10,13,23H,4,11-12,14H2,1-3H3,(H,22,26). The van der Waals surface area contributed by atoms with Crippen molar-refractivity contribution in [2.45, 2.75) is 18.2 Å². The highest BCUT2D eigenvalue weighted by Gasteiger charge is 2.20. The van der Waals surface area contributed by atoms with Gasteiger partial charge < -0.3 is 15.0 Å². The SMILES string of the molecule is COCCCNC(=O)CN(C)C(=O)c1ccc(NS(=O)(=O)c2ccc(C)c([N+](=O)[O-])c2)cc1. The van der Waals surface area contributed by atoms with Crippen LogP contribution in [0.1, 0.15) is 22.3 Å². The fraction of sp³-hybridized carbons (Fsp3) is 0.333. The Labute approximate surface area is 191 Å². The molecule has 178 valence electrons. The number of rotatable bonds is 11. The number of hydrogen-bond donors (Lipinski definition) is 2. The fourth-order valence-corrected chi connectivity index (χ4v) is 3.93. The Balaban J connectivity index is 2.03. The second-order valence-electron chi connectivity index (χ2n) is 7.25. The van der Waals surface area contributed by atoms with Gasteiger partial charge in [-0.1, -0.05) is 6.07 Å². The molecule has 2 rings (SSSR count). The number of likely N-dealkylation sites (N-methyl/N-ethyl adjacent to an activating group) is 1. The van der Waals surface area contributed by atoms with E-state index in [4.69, 9.17) is 4.74 Å². The molecule has 0 aliphatic rings. The molecule has 2 N–H and O–H groups in total. The zero-order chi connectivity index (χ0) is 24.6. The van der Waals surface area contributed by atoms with Crippen molar-refractivity contribution in [3.05, 3.63) is 63.7 Å². The van der Waals surface area contributed by atoms with Crippen LogP contribution in [0.4, 0.5) is 11.4 Å². The number of nitro benzene ring substituents is 1. The average molecular weight is 479 g/mol. The van der Waals surface area contributed by atoms with Gasteiger partial charge in [-0.15, -0.1) is 0 Å². The molecule has 0 spiro atoms. The number of benzene rings is 2. The van der Waals surface area contributed by atoms with Crippen LogP contribution in [-0.4, -0.2) is 63.9 Å². The van der Waals surface area contributed by atoms with Crippen molar-refractivity contribution in [2.24, 2.45) is 0 Å². The number of anilines is 1. The predicted octanol–water partition coefficient (Wildman–Crippen LogP) is 1.93. The number of aryl methyl sites for hydroxylation is 1. The first-order valence-electron chi connectivity index (χ1n) is 9.94. The largest absolute Gasteiger partial charge is 0.385 e. The molecule has 33 heavy (non-hydrogen) atoms. The van der Waals surface area contributed by atoms with Gasteiger partial charge in [0, 0.05) is 50.2 Å². The maximum Gasteiger partial charge on any atom is 0.273 e. The minimum atomic E-state index is -4.08. The minimum Gasteiger partial charge on any atom is -0.385 e. The lowest BCUT2D eigenvalue weighted by atomic mass is 10.2. The quantitative estimate of drug-likeness (QED) is 0.285. The lowest BCUT2D eigenvalue weighted by molar-refractivity contribution is -0.385. The Morgan fingerprint density at radius 2 is 1.82 bits per heavy atom. The number of ether oxygens (including phenoxy) is 1. The van der Waals surface area contributed by atoms with E-state index in [1.54, 1.807) is 7.11 Å². The van der Waals surface area contributed by atoms with Crippen molar-refractivity contribution in [3.8, 4) is 0 Å². The third kappa shape index (κ3) is 7.26. The summed E-state index contributed by atoms with van der Waals surface area (Å²) in [5, 5.41) is 13.8. The van der Waals surface area contributed by atoms with Crippen LogP contribution < -0.4 is 10.0 Å². The van der Waals surface area contributed by atoms with Crippen LogP contribution in [0.2, 0.25) is 0 Å². The summed E-state index contributed by atoms with van der Waals surface area (Å²) in [5.74, 6) is -0.718. The number of carbonyl (C=O) groups excluding carboxylic acids is 2. The molecule has 0 fully saturated rings. The molecule has 0 heterocycles. The van der Waals surface area contributed by atoms with Gasteiger partial charge in [-0.25, -0.2) is 8.42 Å². The molecule has 0 aliphatic carbocycles. The highest BCUT2D eigenvalue weighted by Crippen LogP contribution is 2.24. The van der Waals surface area contributed by atoms with Crippen LogP contribution in [0, 0.1) is 17.0 Å². The molecule has 0 aromatic heterocycles. The number of hydrogen-bond acceptors (Lipinski definition) is 7. The summed E-state index contributed by atoms with van der Waals surface area (Å²) >= 11 is 0. The van der Waals surface area contributed by atoms with Crippen LogP contribution in [0.25, 0.3) is 0 Å². The van der Waals surface area contributed by atoms with Crippen molar-refractivity contribution in [3.63, 3.8) is 0 Å². The first-order valence-corrected chi connectivity index (χ1v) is 11.4. The third-order valence-electron chi connectivity index (χ3n) is 4.65. The molecule has 0 saturated carbocycles. The first kappa shape index (κ1) is 25.7. The van der Waals surface area contributed by atoms with E-state index in [1.165, 1.54) is 55.3 Å². The molecule has 0 radical (unpaired) electrons. The lowest BCUT2D eigenvalue weighted by Crippen LogP contribution is -2.38. The normalized spacial score (nSPS) is 11.0. The van der Waals surface area contributed by atoms with E-state index in [0.29, 0.717) is 25.1 Å². The number of sulfonamides is 1. The van der Waals surface area contributed by atoms with Gasteiger partial charge in [0.2, 0.25) is 5.91 Å². The number of nitro groups is 1. The Kier molecular flexibility index (Phi) is 8.88. The Morgan fingerprint density at radius 3 is 2.42 bits per heavy atom. The summed E-state index contributed by atoms with van der Waals surface area (Å²) in [6, 6.07) is 9.26. The van der Waals surface area contributed by atoms with Crippen molar-refractivity contribution in [2.75, 3.05) is 38.6 Å². The number of methoxy groups -OCH3 is 1. The number of amides is 2. The van der Waals surface area contributed by atoms with Gasteiger partial charge in [0.15, 0.2) is 0 Å². The molecule has 0 saturated heterocycles. The van der Waals surface area contributed by atoms with Gasteiger partial charge in [-0.2, -0.15) is 0 Å². The lowest BCUT2D eigenvalue weighted by Gasteiger charge is -2.17. The molecule has 11 nitrogen and oxygen atoms in total. The van der Waals surface area contributed by atoms with Crippen LogP contribution in [0.5, 0.6) is 0 Å². The fourth-order valence-electron chi connectivity index (χ4n) is 2.86. The molecule has 12 heteroatoms. The predicted molar refractivity (Wildman–Crippen MR) is 122 cm³/mol. The second kappa shape index (κ2) is 11.4. The molecule has 2 amide bonds. The number of nitrogens with zero attached hydrogens (tertiary/aromatic N) is 2. The third-order valence-corrected chi connectivity index (χ3v) is 6.03. The monoisotopic (exact) mass is 478 g/mol. The maximum atomic E-state index is 12.6. The highest BCUT2D eigenvalue weighted by atomic mass is 32.2. The number of carbonyl (C=O) groups is 2. The van der Waals surface area contributed by atoms with Crippen LogP contribution in [-0.2, 0) is 19.6 Å². The Hall–Kier alpha value is -3.51. The second-order valence-corrected chi connectivity index (χ2v) is 8.93. The van der Waals surface area contributed by atoms with Crippen molar-refractivity contribution < 1.29 is 27.7 Å². The summed E-state index contributed by atoms with van der Waals surface area (Å²) in [7, 11) is -1.02. The summed E-state index contributed by atoms with van der Waals surface area (Å²) in [5.41, 5.74) is 0.478. The smallest absolute Gasteiger partial charge is 0.273 e. The van der Waals surface area contributed by atoms with Gasteiger partial charge in [-0.3, -0.25) is 24.4 Å². The average Bonchev–Trinajstić information content (AvgIpc) is 2.76. The van der Waals surface area contributed by atoms with E-state index in [1.807, 2.05) is 0 Å². The minimum absolute atomic E-state index is 0.133. The van der Waals surface area contributed by atoms with E-state index in [-0.39, 0.29) is 34.3 Å². The maximum absolute atomic E-state index is 12.6. The van der Waals surface area contributed by atoms with Gasteiger partial charge >= 0.3 is 0 Å². The summed E-state index contributed by atoms with van der Waals surface area (Å²) in [6.07, 6.45) is 0.660. The summed E-state index contributed by atoms with van der Waals surface area (Å²) in [4.78, 5) is 35.9.